The first-order valence-electron chi connectivity index (χ1n) is 4.54. The molecule has 5 heteroatoms. The van der Waals surface area contributed by atoms with Crippen LogP contribution in [0.3, 0.4) is 0 Å². The average molecular weight is 215 g/mol. The van der Waals surface area contributed by atoms with Crippen molar-refractivity contribution in [3.8, 4) is 0 Å². The van der Waals surface area contributed by atoms with Crippen LogP contribution in [0.2, 0.25) is 5.15 Å². The lowest BCUT2D eigenvalue weighted by molar-refractivity contribution is 0.405. The summed E-state index contributed by atoms with van der Waals surface area (Å²) in [5.41, 5.74) is 0. The van der Waals surface area contributed by atoms with Gasteiger partial charge in [-0.25, -0.2) is 9.97 Å². The number of hydrogen-bond acceptors (Lipinski definition) is 4. The van der Waals surface area contributed by atoms with Gasteiger partial charge in [0.2, 0.25) is 0 Å². The second-order valence-electron chi connectivity index (χ2n) is 3.31. The van der Waals surface area contributed by atoms with E-state index in [1.165, 1.54) is 6.33 Å². The first kappa shape index (κ1) is 11.2. The van der Waals surface area contributed by atoms with E-state index in [2.05, 4.69) is 34.3 Å². The van der Waals surface area contributed by atoms with E-state index in [1.54, 1.807) is 6.07 Å². The lowest BCUT2D eigenvalue weighted by Crippen LogP contribution is -2.16. The Hall–Kier alpha value is -0.870. The third-order valence-electron chi connectivity index (χ3n) is 1.72. The fourth-order valence-electron chi connectivity index (χ4n) is 1.04. The highest BCUT2D eigenvalue weighted by Gasteiger charge is 1.95. The van der Waals surface area contributed by atoms with Gasteiger partial charge in [-0.1, -0.05) is 11.6 Å². The molecule has 0 atom stereocenters. The van der Waals surface area contributed by atoms with Crippen molar-refractivity contribution in [3.63, 3.8) is 0 Å². The van der Waals surface area contributed by atoms with Crippen molar-refractivity contribution < 1.29 is 0 Å². The number of hydrogen-bond donors (Lipinski definition) is 1. The Balaban J connectivity index is 2.25. The van der Waals surface area contributed by atoms with E-state index in [-0.39, 0.29) is 0 Å². The minimum atomic E-state index is 0.468. The highest BCUT2D eigenvalue weighted by atomic mass is 35.5. The maximum absolute atomic E-state index is 5.71. The van der Waals surface area contributed by atoms with E-state index in [0.717, 1.165) is 25.3 Å². The summed E-state index contributed by atoms with van der Waals surface area (Å²) in [6, 6.07) is 1.72. The number of halogens is 1. The molecule has 0 saturated carbocycles. The van der Waals surface area contributed by atoms with Crippen molar-refractivity contribution in [2.75, 3.05) is 32.5 Å². The van der Waals surface area contributed by atoms with Gasteiger partial charge in [-0.3, -0.25) is 0 Å². The molecule has 0 bridgehead atoms. The highest BCUT2D eigenvalue weighted by Crippen LogP contribution is 2.07. The van der Waals surface area contributed by atoms with Crippen LogP contribution in [0.15, 0.2) is 12.4 Å². The van der Waals surface area contributed by atoms with Gasteiger partial charge in [0.1, 0.15) is 17.3 Å². The van der Waals surface area contributed by atoms with Crippen LogP contribution in [0.4, 0.5) is 5.82 Å². The maximum atomic E-state index is 5.71. The van der Waals surface area contributed by atoms with Crippen LogP contribution in [0.1, 0.15) is 6.42 Å². The maximum Gasteiger partial charge on any atom is 0.134 e. The van der Waals surface area contributed by atoms with Crippen molar-refractivity contribution in [2.24, 2.45) is 0 Å². The van der Waals surface area contributed by atoms with Crippen LogP contribution >= 0.6 is 11.6 Å². The van der Waals surface area contributed by atoms with Crippen molar-refractivity contribution in [1.82, 2.24) is 14.9 Å². The molecular weight excluding hydrogens is 200 g/mol. The van der Waals surface area contributed by atoms with Gasteiger partial charge in [-0.15, -0.1) is 0 Å². The minimum Gasteiger partial charge on any atom is -0.370 e. The molecule has 0 amide bonds. The molecule has 1 rings (SSSR count). The Morgan fingerprint density at radius 1 is 1.43 bits per heavy atom. The normalized spacial score (nSPS) is 10.6. The summed E-state index contributed by atoms with van der Waals surface area (Å²) >= 11 is 5.71. The summed E-state index contributed by atoms with van der Waals surface area (Å²) in [7, 11) is 4.11. The Morgan fingerprint density at radius 2 is 2.21 bits per heavy atom. The van der Waals surface area contributed by atoms with Crippen LogP contribution in [-0.2, 0) is 0 Å². The van der Waals surface area contributed by atoms with E-state index >= 15 is 0 Å². The molecule has 0 aliphatic heterocycles. The van der Waals surface area contributed by atoms with Crippen molar-refractivity contribution in [1.29, 1.82) is 0 Å². The van der Waals surface area contributed by atoms with Crippen LogP contribution in [-0.4, -0.2) is 42.1 Å². The molecule has 1 heterocycles. The van der Waals surface area contributed by atoms with E-state index in [1.807, 2.05) is 0 Å². The first-order valence-corrected chi connectivity index (χ1v) is 4.92. The number of nitrogens with one attached hydrogen (secondary N) is 1. The monoisotopic (exact) mass is 214 g/mol. The predicted molar refractivity (Wildman–Crippen MR) is 58.7 cm³/mol. The number of nitrogens with zero attached hydrogens (tertiary/aromatic N) is 3. The van der Waals surface area contributed by atoms with Gasteiger partial charge in [0, 0.05) is 12.6 Å². The Bertz CT molecular complexity index is 277. The second kappa shape index (κ2) is 5.78. The van der Waals surface area contributed by atoms with E-state index in [0.29, 0.717) is 5.15 Å². The molecule has 0 aliphatic carbocycles. The van der Waals surface area contributed by atoms with E-state index < -0.39 is 0 Å². The molecule has 0 saturated heterocycles. The zero-order valence-corrected chi connectivity index (χ0v) is 9.25. The quantitative estimate of drug-likeness (QED) is 0.596. The molecular formula is C9H15ClN4. The molecule has 1 aromatic heterocycles. The lowest BCUT2D eigenvalue weighted by Gasteiger charge is -2.09. The van der Waals surface area contributed by atoms with Crippen LogP contribution in [0, 0.1) is 0 Å². The molecule has 0 aromatic carbocycles. The van der Waals surface area contributed by atoms with Crippen molar-refractivity contribution in [3.05, 3.63) is 17.5 Å². The molecule has 0 radical (unpaired) electrons. The Morgan fingerprint density at radius 3 is 2.86 bits per heavy atom. The summed E-state index contributed by atoms with van der Waals surface area (Å²) in [6.45, 7) is 1.96. The predicted octanol–water partition coefficient (Wildman–Crippen LogP) is 1.49. The molecule has 14 heavy (non-hydrogen) atoms. The van der Waals surface area contributed by atoms with Crippen LogP contribution < -0.4 is 5.32 Å². The standard InChI is InChI=1S/C9H15ClN4/c1-14(2)5-3-4-11-9-6-8(10)12-7-13-9/h6-7H,3-5H2,1-2H3,(H,11,12,13). The fraction of sp³-hybridized carbons (Fsp3) is 0.556. The SMILES string of the molecule is CN(C)CCCNc1cc(Cl)ncn1. The van der Waals surface area contributed by atoms with Crippen LogP contribution in [0.5, 0.6) is 0 Å². The van der Waals surface area contributed by atoms with Gasteiger partial charge in [-0.2, -0.15) is 0 Å². The zero-order chi connectivity index (χ0) is 10.4. The largest absolute Gasteiger partial charge is 0.370 e. The summed E-state index contributed by atoms with van der Waals surface area (Å²) in [4.78, 5) is 9.99. The van der Waals surface area contributed by atoms with Crippen molar-refractivity contribution in [2.45, 2.75) is 6.42 Å². The second-order valence-corrected chi connectivity index (χ2v) is 3.70. The Labute approximate surface area is 89.3 Å². The molecule has 0 spiro atoms. The summed E-state index contributed by atoms with van der Waals surface area (Å²) in [5.74, 6) is 0.781. The fourth-order valence-corrected chi connectivity index (χ4v) is 1.19. The van der Waals surface area contributed by atoms with E-state index in [9.17, 15) is 0 Å². The molecule has 1 aromatic rings. The molecule has 78 valence electrons. The van der Waals surface area contributed by atoms with E-state index in [4.69, 9.17) is 11.6 Å². The van der Waals surface area contributed by atoms with Gasteiger partial charge >= 0.3 is 0 Å². The smallest absolute Gasteiger partial charge is 0.134 e. The van der Waals surface area contributed by atoms with Gasteiger partial charge in [0.05, 0.1) is 0 Å². The van der Waals surface area contributed by atoms with Gasteiger partial charge in [0.15, 0.2) is 0 Å². The third kappa shape index (κ3) is 4.39. The number of rotatable bonds is 5. The topological polar surface area (TPSA) is 41.0 Å². The number of anilines is 1. The summed E-state index contributed by atoms with van der Waals surface area (Å²) in [5, 5.41) is 3.65. The Kier molecular flexibility index (Phi) is 4.62. The molecule has 4 nitrogen and oxygen atoms in total. The zero-order valence-electron chi connectivity index (χ0n) is 8.50. The molecule has 0 unspecified atom stereocenters. The van der Waals surface area contributed by atoms with Gasteiger partial charge < -0.3 is 10.2 Å². The summed E-state index contributed by atoms with van der Waals surface area (Å²) < 4.78 is 0. The highest BCUT2D eigenvalue weighted by molar-refractivity contribution is 6.29. The lowest BCUT2D eigenvalue weighted by atomic mass is 10.4. The van der Waals surface area contributed by atoms with Gasteiger partial charge in [-0.05, 0) is 27.1 Å². The van der Waals surface area contributed by atoms with Crippen LogP contribution in [0.25, 0.3) is 0 Å². The number of aromatic nitrogens is 2. The molecule has 0 fully saturated rings. The van der Waals surface area contributed by atoms with Gasteiger partial charge in [0.25, 0.3) is 0 Å². The third-order valence-corrected chi connectivity index (χ3v) is 1.93. The average Bonchev–Trinajstić information content (AvgIpc) is 2.12. The summed E-state index contributed by atoms with van der Waals surface area (Å²) in [6.07, 6.45) is 2.53. The molecule has 1 N–H and O–H groups in total. The minimum absolute atomic E-state index is 0.468. The van der Waals surface area contributed by atoms with Crippen molar-refractivity contribution >= 4 is 17.4 Å². The first-order chi connectivity index (χ1) is 6.68. The molecule has 0 aliphatic rings.